The molecule has 0 aliphatic heterocycles. The molecule has 1 N–H and O–H groups in total. The Morgan fingerprint density at radius 3 is 2.59 bits per heavy atom. The van der Waals surface area contributed by atoms with Crippen LogP contribution in [0.15, 0.2) is 64.9 Å². The van der Waals surface area contributed by atoms with Crippen molar-refractivity contribution in [2.45, 2.75) is 22.8 Å². The van der Waals surface area contributed by atoms with Crippen molar-refractivity contribution < 1.29 is 5.11 Å². The molecule has 1 aromatic carbocycles. The van der Waals surface area contributed by atoms with Gasteiger partial charge in [0.15, 0.2) is 0 Å². The average molecular weight is 400 g/mol. The van der Waals surface area contributed by atoms with Crippen LogP contribution in [-0.4, -0.2) is 31.1 Å². The Hall–Kier alpha value is -3.59. The van der Waals surface area contributed by atoms with E-state index in [0.29, 0.717) is 29.6 Å². The molecule has 4 rings (SSSR count). The zero-order valence-electron chi connectivity index (χ0n) is 15.4. The van der Waals surface area contributed by atoms with Crippen molar-refractivity contribution in [1.29, 1.82) is 10.5 Å². The monoisotopic (exact) mass is 400 g/mol. The number of benzene rings is 1. The quantitative estimate of drug-likeness (QED) is 0.531. The minimum atomic E-state index is 0.116. The maximum atomic E-state index is 9.49. The van der Waals surface area contributed by atoms with Gasteiger partial charge in [-0.15, -0.1) is 0 Å². The fourth-order valence-electron chi connectivity index (χ4n) is 3.04. The number of fused-ring (bicyclic) bond motifs is 1. The van der Waals surface area contributed by atoms with Crippen LogP contribution in [-0.2, 0) is 6.54 Å². The standard InChI is InChI=1S/C21H16N6OS/c22-9-15-4-1-2-5-19(15)29-20-8-16(14-27-21(20)17(10-23)11-25-27)18-12-24-26(13-18)6-3-7-28/h1-2,4-5,8,11-14,28H,3,6-7H2. The van der Waals surface area contributed by atoms with Gasteiger partial charge in [-0.2, -0.15) is 20.7 Å². The topological polar surface area (TPSA) is 103 Å². The molecule has 0 bridgehead atoms. The number of nitrogens with zero attached hydrogens (tertiary/aromatic N) is 6. The molecule has 0 aliphatic carbocycles. The van der Waals surface area contributed by atoms with Gasteiger partial charge >= 0.3 is 0 Å². The molecule has 3 aromatic heterocycles. The van der Waals surface area contributed by atoms with E-state index >= 15 is 0 Å². The number of aryl methyl sites for hydroxylation is 1. The molecule has 0 radical (unpaired) electrons. The normalized spacial score (nSPS) is 10.7. The van der Waals surface area contributed by atoms with Crippen LogP contribution in [0.5, 0.6) is 0 Å². The van der Waals surface area contributed by atoms with Crippen molar-refractivity contribution >= 4 is 17.3 Å². The summed E-state index contributed by atoms with van der Waals surface area (Å²) in [7, 11) is 0. The van der Waals surface area contributed by atoms with Gasteiger partial charge in [0.2, 0.25) is 0 Å². The van der Waals surface area contributed by atoms with Gasteiger partial charge in [0.25, 0.3) is 0 Å². The Balaban J connectivity index is 1.81. The van der Waals surface area contributed by atoms with Crippen LogP contribution in [0.2, 0.25) is 0 Å². The summed E-state index contributed by atoms with van der Waals surface area (Å²) in [4.78, 5) is 1.65. The summed E-state index contributed by atoms with van der Waals surface area (Å²) in [6.07, 6.45) is 7.73. The maximum Gasteiger partial charge on any atom is 0.103 e. The fourth-order valence-corrected chi connectivity index (χ4v) is 4.13. The highest BCUT2D eigenvalue weighted by Gasteiger charge is 2.15. The number of aliphatic hydroxyl groups is 1. The molecule has 4 aromatic rings. The van der Waals surface area contributed by atoms with Crippen LogP contribution >= 0.6 is 11.8 Å². The minimum absolute atomic E-state index is 0.116. The van der Waals surface area contributed by atoms with Crippen LogP contribution in [0.3, 0.4) is 0 Å². The Labute approximate surface area is 171 Å². The van der Waals surface area contributed by atoms with E-state index in [4.69, 9.17) is 5.11 Å². The number of rotatable bonds is 6. The summed E-state index contributed by atoms with van der Waals surface area (Å²) in [6, 6.07) is 13.8. The molecular weight excluding hydrogens is 384 g/mol. The fraction of sp³-hybridized carbons (Fsp3) is 0.143. The van der Waals surface area contributed by atoms with E-state index in [9.17, 15) is 10.5 Å². The lowest BCUT2D eigenvalue weighted by molar-refractivity contribution is 0.277. The van der Waals surface area contributed by atoms with E-state index in [1.54, 1.807) is 27.7 Å². The van der Waals surface area contributed by atoms with E-state index < -0.39 is 0 Å². The van der Waals surface area contributed by atoms with Crippen molar-refractivity contribution in [3.05, 3.63) is 66.2 Å². The van der Waals surface area contributed by atoms with Gasteiger partial charge in [-0.1, -0.05) is 23.9 Å². The third-order valence-electron chi connectivity index (χ3n) is 4.44. The largest absolute Gasteiger partial charge is 0.396 e. The molecule has 142 valence electrons. The summed E-state index contributed by atoms with van der Waals surface area (Å²) in [6.45, 7) is 0.751. The number of aromatic nitrogens is 4. The predicted octanol–water partition coefficient (Wildman–Crippen LogP) is 3.47. The van der Waals surface area contributed by atoms with Gasteiger partial charge < -0.3 is 5.11 Å². The molecule has 8 heteroatoms. The Kier molecular flexibility index (Phi) is 5.30. The summed E-state index contributed by atoms with van der Waals surface area (Å²) in [5.74, 6) is 0. The number of pyridine rings is 1. The second-order valence-corrected chi connectivity index (χ2v) is 7.42. The summed E-state index contributed by atoms with van der Waals surface area (Å²) < 4.78 is 3.48. The molecule has 0 spiro atoms. The minimum Gasteiger partial charge on any atom is -0.396 e. The number of nitriles is 2. The highest BCUT2D eigenvalue weighted by Crippen LogP contribution is 2.36. The predicted molar refractivity (Wildman–Crippen MR) is 108 cm³/mol. The number of hydrogen-bond donors (Lipinski definition) is 1. The van der Waals surface area contributed by atoms with Gasteiger partial charge in [0.1, 0.15) is 12.1 Å². The van der Waals surface area contributed by atoms with Crippen molar-refractivity contribution in [1.82, 2.24) is 19.4 Å². The number of aliphatic hydroxyl groups excluding tert-OH is 1. The maximum absolute atomic E-state index is 9.49. The first-order chi connectivity index (χ1) is 14.2. The van der Waals surface area contributed by atoms with Crippen LogP contribution in [0.4, 0.5) is 0 Å². The van der Waals surface area contributed by atoms with E-state index in [2.05, 4.69) is 22.3 Å². The van der Waals surface area contributed by atoms with Gasteiger partial charge in [0.05, 0.1) is 29.0 Å². The Bertz CT molecular complexity index is 1260. The molecule has 29 heavy (non-hydrogen) atoms. The lowest BCUT2D eigenvalue weighted by Gasteiger charge is -2.09. The molecule has 0 saturated carbocycles. The Morgan fingerprint density at radius 2 is 1.79 bits per heavy atom. The Morgan fingerprint density at radius 1 is 0.966 bits per heavy atom. The number of hydrogen-bond acceptors (Lipinski definition) is 6. The van der Waals surface area contributed by atoms with Crippen molar-refractivity contribution in [2.24, 2.45) is 0 Å². The summed E-state index contributed by atoms with van der Waals surface area (Å²) in [5.41, 5.74) is 3.58. The van der Waals surface area contributed by atoms with Gasteiger partial charge in [-0.05, 0) is 24.6 Å². The second-order valence-electron chi connectivity index (χ2n) is 6.34. The molecular formula is C21H16N6OS. The third kappa shape index (κ3) is 3.72. The smallest absolute Gasteiger partial charge is 0.103 e. The first-order valence-electron chi connectivity index (χ1n) is 8.95. The van der Waals surface area contributed by atoms with E-state index in [1.165, 1.54) is 11.8 Å². The van der Waals surface area contributed by atoms with Crippen LogP contribution in [0, 0.1) is 22.7 Å². The molecule has 7 nitrogen and oxygen atoms in total. The lowest BCUT2D eigenvalue weighted by Crippen LogP contribution is -1.99. The molecule has 3 heterocycles. The molecule has 0 amide bonds. The van der Waals surface area contributed by atoms with Crippen LogP contribution in [0.1, 0.15) is 17.5 Å². The van der Waals surface area contributed by atoms with Gasteiger partial charge in [-0.25, -0.2) is 4.52 Å². The second kappa shape index (κ2) is 8.19. The highest BCUT2D eigenvalue weighted by atomic mass is 32.2. The van der Waals surface area contributed by atoms with Crippen LogP contribution < -0.4 is 0 Å². The molecule has 0 atom stereocenters. The van der Waals surface area contributed by atoms with E-state index in [1.807, 2.05) is 36.7 Å². The van der Waals surface area contributed by atoms with Crippen molar-refractivity contribution in [3.63, 3.8) is 0 Å². The first kappa shape index (κ1) is 18.8. The summed E-state index contributed by atoms with van der Waals surface area (Å²) >= 11 is 1.44. The zero-order chi connectivity index (χ0) is 20.2. The van der Waals surface area contributed by atoms with Crippen molar-refractivity contribution in [2.75, 3.05) is 6.61 Å². The molecule has 0 saturated heterocycles. The van der Waals surface area contributed by atoms with Gasteiger partial charge in [-0.3, -0.25) is 4.68 Å². The van der Waals surface area contributed by atoms with Crippen molar-refractivity contribution in [3.8, 4) is 23.3 Å². The first-order valence-corrected chi connectivity index (χ1v) is 9.77. The van der Waals surface area contributed by atoms with E-state index in [-0.39, 0.29) is 6.61 Å². The average Bonchev–Trinajstić information content (AvgIpc) is 3.39. The third-order valence-corrected chi connectivity index (χ3v) is 5.54. The SMILES string of the molecule is N#Cc1ccccc1Sc1cc(-c2cnn(CCCO)c2)cn2ncc(C#N)c12. The molecule has 0 fully saturated rings. The van der Waals surface area contributed by atoms with E-state index in [0.717, 1.165) is 20.9 Å². The molecule has 0 unspecified atom stereocenters. The highest BCUT2D eigenvalue weighted by molar-refractivity contribution is 7.99. The lowest BCUT2D eigenvalue weighted by atomic mass is 10.1. The van der Waals surface area contributed by atoms with Crippen LogP contribution in [0.25, 0.3) is 16.6 Å². The molecule has 0 aliphatic rings. The summed E-state index contributed by atoms with van der Waals surface area (Å²) in [5, 5.41) is 36.6. The van der Waals surface area contributed by atoms with Gasteiger partial charge in [0, 0.05) is 46.5 Å². The zero-order valence-corrected chi connectivity index (χ0v) is 16.2.